The Morgan fingerprint density at radius 3 is 1.15 bits per heavy atom. The summed E-state index contributed by atoms with van der Waals surface area (Å²) >= 11 is 0. The fourth-order valence-corrected chi connectivity index (χ4v) is 4.98. The average Bonchev–Trinajstić information content (AvgIpc) is 2.78. The van der Waals surface area contributed by atoms with Crippen LogP contribution in [-0.4, -0.2) is 9.13 Å². The van der Waals surface area contributed by atoms with E-state index in [0.29, 0.717) is 21.5 Å². The number of aryl methyl sites for hydroxylation is 2. The maximum absolute atomic E-state index is 13.6. The molecule has 174 valence electrons. The Hall–Kier alpha value is -3.40. The van der Waals surface area contributed by atoms with Crippen molar-refractivity contribution in [3.05, 3.63) is 80.1 Å². The summed E-state index contributed by atoms with van der Waals surface area (Å²) in [4.78, 5) is 27.2. The highest BCUT2D eigenvalue weighted by atomic mass is 16.1. The summed E-state index contributed by atoms with van der Waals surface area (Å²) in [5, 5.41) is 2.66. The molecule has 0 N–H and O–H groups in total. The Balaban J connectivity index is 1.94. The quantitative estimate of drug-likeness (QED) is 0.259. The molecule has 2 aromatic heterocycles. The molecule has 0 saturated heterocycles. The summed E-state index contributed by atoms with van der Waals surface area (Å²) in [5.74, 6) is 0. The van der Waals surface area contributed by atoms with Gasteiger partial charge in [0.05, 0.1) is 22.1 Å². The standard InChI is InChI=1S/C30H32N2O2/c1-29(2,3)17-9-11-19-23(13-17)31(7)25-15-22-26(16-21(25)27(19)33)32(8)24-14-18(30(4,5)6)10-12-20(24)28(22)34/h9-16H,1-8H3. The van der Waals surface area contributed by atoms with Gasteiger partial charge in [-0.15, -0.1) is 0 Å². The molecule has 4 nitrogen and oxygen atoms in total. The van der Waals surface area contributed by atoms with Crippen molar-refractivity contribution < 1.29 is 0 Å². The predicted octanol–water partition coefficient (Wildman–Crippen LogP) is 6.29. The van der Waals surface area contributed by atoms with Crippen molar-refractivity contribution in [2.24, 2.45) is 14.1 Å². The molecular weight excluding hydrogens is 420 g/mol. The Morgan fingerprint density at radius 2 is 0.824 bits per heavy atom. The lowest BCUT2D eigenvalue weighted by Crippen LogP contribution is -2.16. The molecule has 0 saturated carbocycles. The van der Waals surface area contributed by atoms with Gasteiger partial charge in [0.2, 0.25) is 0 Å². The summed E-state index contributed by atoms with van der Waals surface area (Å²) in [6.45, 7) is 13.0. The van der Waals surface area contributed by atoms with E-state index in [4.69, 9.17) is 0 Å². The number of aromatic nitrogens is 2. The van der Waals surface area contributed by atoms with Crippen LogP contribution in [0.15, 0.2) is 58.1 Å². The van der Waals surface area contributed by atoms with E-state index in [0.717, 1.165) is 22.1 Å². The van der Waals surface area contributed by atoms with Gasteiger partial charge in [-0.05, 0) is 58.4 Å². The molecule has 0 radical (unpaired) electrons. The van der Waals surface area contributed by atoms with E-state index in [1.165, 1.54) is 11.1 Å². The first-order chi connectivity index (χ1) is 15.8. The maximum Gasteiger partial charge on any atom is 0.197 e. The van der Waals surface area contributed by atoms with Gasteiger partial charge in [0.25, 0.3) is 0 Å². The number of fused-ring (bicyclic) bond motifs is 4. The van der Waals surface area contributed by atoms with Crippen LogP contribution in [0.4, 0.5) is 0 Å². The minimum Gasteiger partial charge on any atom is -0.343 e. The van der Waals surface area contributed by atoms with Crippen LogP contribution in [0.1, 0.15) is 52.7 Å². The Labute approximate surface area is 199 Å². The minimum atomic E-state index is -0.0245. The molecule has 2 heterocycles. The number of nitrogens with zero attached hydrogens (tertiary/aromatic N) is 2. The molecule has 5 aromatic rings. The van der Waals surface area contributed by atoms with Gasteiger partial charge in [0.15, 0.2) is 10.9 Å². The molecule has 0 fully saturated rings. The third-order valence-electron chi connectivity index (χ3n) is 7.27. The van der Waals surface area contributed by atoms with E-state index in [1.807, 2.05) is 59.6 Å². The molecular formula is C30H32N2O2. The van der Waals surface area contributed by atoms with Gasteiger partial charge in [-0.3, -0.25) is 9.59 Å². The second-order valence-electron chi connectivity index (χ2n) is 11.6. The van der Waals surface area contributed by atoms with Crippen molar-refractivity contribution in [2.45, 2.75) is 52.4 Å². The molecule has 0 unspecified atom stereocenters. The molecule has 0 aliphatic rings. The highest BCUT2D eigenvalue weighted by molar-refractivity contribution is 6.03. The molecule has 0 aliphatic carbocycles. The van der Waals surface area contributed by atoms with Gasteiger partial charge in [0, 0.05) is 35.6 Å². The SMILES string of the molecule is Cn1c2cc(C(C)(C)C)ccc2c(=O)c2cc3c(cc21)c(=O)c1ccc(C(C)(C)C)cc1n3C. The van der Waals surface area contributed by atoms with Gasteiger partial charge in [-0.2, -0.15) is 0 Å². The highest BCUT2D eigenvalue weighted by Crippen LogP contribution is 2.30. The summed E-state index contributed by atoms with van der Waals surface area (Å²) in [6.07, 6.45) is 0. The number of hydrogen-bond acceptors (Lipinski definition) is 2. The fourth-order valence-electron chi connectivity index (χ4n) is 4.98. The van der Waals surface area contributed by atoms with E-state index in [2.05, 4.69) is 53.7 Å². The molecule has 3 aromatic carbocycles. The molecule has 5 rings (SSSR count). The fraction of sp³-hybridized carbons (Fsp3) is 0.333. The molecule has 4 heteroatoms. The first kappa shape index (κ1) is 22.4. The third kappa shape index (κ3) is 3.19. The number of pyridine rings is 2. The van der Waals surface area contributed by atoms with Crippen LogP contribution in [-0.2, 0) is 24.9 Å². The number of hydrogen-bond donors (Lipinski definition) is 0. The van der Waals surface area contributed by atoms with Crippen molar-refractivity contribution in [3.8, 4) is 0 Å². The lowest BCUT2D eigenvalue weighted by atomic mass is 9.86. The summed E-state index contributed by atoms with van der Waals surface area (Å²) < 4.78 is 4.10. The summed E-state index contributed by atoms with van der Waals surface area (Å²) in [6, 6.07) is 16.0. The first-order valence-electron chi connectivity index (χ1n) is 11.8. The van der Waals surface area contributed by atoms with Crippen LogP contribution in [0.3, 0.4) is 0 Å². The first-order valence-corrected chi connectivity index (χ1v) is 11.8. The van der Waals surface area contributed by atoms with E-state index < -0.39 is 0 Å². The van der Waals surface area contributed by atoms with Crippen LogP contribution >= 0.6 is 0 Å². The molecule has 0 bridgehead atoms. The number of rotatable bonds is 0. The monoisotopic (exact) mass is 452 g/mol. The van der Waals surface area contributed by atoms with Crippen molar-refractivity contribution >= 4 is 43.6 Å². The van der Waals surface area contributed by atoms with Crippen LogP contribution < -0.4 is 10.9 Å². The lowest BCUT2D eigenvalue weighted by molar-refractivity contribution is 0.590. The zero-order chi connectivity index (χ0) is 24.7. The number of benzene rings is 3. The van der Waals surface area contributed by atoms with Crippen LogP contribution in [0.5, 0.6) is 0 Å². The zero-order valence-corrected chi connectivity index (χ0v) is 21.3. The van der Waals surface area contributed by atoms with E-state index in [-0.39, 0.29) is 21.7 Å². The maximum atomic E-state index is 13.6. The van der Waals surface area contributed by atoms with E-state index in [1.54, 1.807) is 0 Å². The highest BCUT2D eigenvalue weighted by Gasteiger charge is 2.19. The smallest absolute Gasteiger partial charge is 0.197 e. The molecule has 34 heavy (non-hydrogen) atoms. The van der Waals surface area contributed by atoms with Crippen LogP contribution in [0.2, 0.25) is 0 Å². The van der Waals surface area contributed by atoms with Crippen molar-refractivity contribution in [3.63, 3.8) is 0 Å². The molecule has 0 amide bonds. The second kappa shape index (κ2) is 7.05. The molecule has 0 atom stereocenters. The van der Waals surface area contributed by atoms with Crippen molar-refractivity contribution in [1.82, 2.24) is 9.13 Å². The van der Waals surface area contributed by atoms with Gasteiger partial charge in [-0.1, -0.05) is 53.7 Å². The normalized spacial score (nSPS) is 12.9. The van der Waals surface area contributed by atoms with Gasteiger partial charge in [0.1, 0.15) is 0 Å². The van der Waals surface area contributed by atoms with Gasteiger partial charge < -0.3 is 9.13 Å². The minimum absolute atomic E-state index is 0.00134. The van der Waals surface area contributed by atoms with Crippen molar-refractivity contribution in [2.75, 3.05) is 0 Å². The van der Waals surface area contributed by atoms with E-state index >= 15 is 0 Å². The Bertz CT molecular complexity index is 1640. The Kier molecular flexibility index (Phi) is 4.64. The van der Waals surface area contributed by atoms with E-state index in [9.17, 15) is 9.59 Å². The van der Waals surface area contributed by atoms with Crippen LogP contribution in [0.25, 0.3) is 43.6 Å². The second-order valence-corrected chi connectivity index (χ2v) is 11.6. The third-order valence-corrected chi connectivity index (χ3v) is 7.27. The van der Waals surface area contributed by atoms with Gasteiger partial charge in [-0.25, -0.2) is 0 Å². The topological polar surface area (TPSA) is 44.0 Å². The van der Waals surface area contributed by atoms with Crippen molar-refractivity contribution in [1.29, 1.82) is 0 Å². The predicted molar refractivity (Wildman–Crippen MR) is 144 cm³/mol. The Morgan fingerprint density at radius 1 is 0.500 bits per heavy atom. The molecule has 0 spiro atoms. The zero-order valence-electron chi connectivity index (χ0n) is 21.3. The average molecular weight is 453 g/mol. The van der Waals surface area contributed by atoms with Crippen LogP contribution in [0, 0.1) is 0 Å². The van der Waals surface area contributed by atoms with Gasteiger partial charge >= 0.3 is 0 Å². The lowest BCUT2D eigenvalue weighted by Gasteiger charge is -2.21. The molecule has 0 aliphatic heterocycles. The summed E-state index contributed by atoms with van der Waals surface area (Å²) in [7, 11) is 3.95. The summed E-state index contributed by atoms with van der Waals surface area (Å²) in [5.41, 5.74) is 5.62. The largest absolute Gasteiger partial charge is 0.343 e.